The Morgan fingerprint density at radius 2 is 1.43 bits per heavy atom. The van der Waals surface area contributed by atoms with E-state index in [-0.39, 0.29) is 11.3 Å². The molecule has 0 aromatic heterocycles. The zero-order valence-corrected chi connectivity index (χ0v) is 18.4. The molecule has 3 rings (SSSR count). The molecule has 3 saturated heterocycles. The van der Waals surface area contributed by atoms with Crippen molar-refractivity contribution in [1.82, 2.24) is 9.21 Å². The maximum Gasteiger partial charge on any atom is 0.410 e. The fourth-order valence-electron chi connectivity index (χ4n) is 4.66. The minimum atomic E-state index is -3.29. The Labute approximate surface area is 169 Å². The molecule has 7 nitrogen and oxygen atoms in total. The number of piperidine rings is 2. The average molecular weight is 417 g/mol. The molecule has 8 heteroatoms. The lowest BCUT2D eigenvalue weighted by atomic mass is 9.80. The number of hydrogen-bond donors (Lipinski definition) is 0. The number of sulfonamides is 1. The van der Waals surface area contributed by atoms with Crippen molar-refractivity contribution in [3.05, 3.63) is 0 Å². The lowest BCUT2D eigenvalue weighted by molar-refractivity contribution is 0.0216. The third-order valence-electron chi connectivity index (χ3n) is 6.31. The fourth-order valence-corrected chi connectivity index (χ4v) is 6.61. The maximum absolute atomic E-state index is 13.1. The average Bonchev–Trinajstić information content (AvgIpc) is 2.67. The number of nitrogens with zero attached hydrogens (tertiary/aromatic N) is 2. The molecule has 0 aliphatic carbocycles. The molecular formula is C20H36N2O5S. The second-order valence-electron chi connectivity index (χ2n) is 9.40. The molecule has 162 valence electrons. The van der Waals surface area contributed by atoms with E-state index in [1.54, 1.807) is 9.21 Å². The molecular weight excluding hydrogens is 380 g/mol. The van der Waals surface area contributed by atoms with Crippen molar-refractivity contribution in [1.29, 1.82) is 0 Å². The van der Waals surface area contributed by atoms with Gasteiger partial charge in [0.25, 0.3) is 0 Å². The van der Waals surface area contributed by atoms with Gasteiger partial charge in [0, 0.05) is 39.4 Å². The summed E-state index contributed by atoms with van der Waals surface area (Å²) in [6, 6.07) is 0. The van der Waals surface area contributed by atoms with Crippen molar-refractivity contribution in [2.45, 2.75) is 70.1 Å². The standard InChI is InChI=1S/C20H36N2O5S/c1-20(2,3)27-19(23)21-10-6-18(7-11-21)28(24,25)22-12-4-16(5-13-22)17-8-14-26-15-9-17/h16-18H,4-15H2,1-3H3. The van der Waals surface area contributed by atoms with Crippen LogP contribution in [-0.2, 0) is 19.5 Å². The van der Waals surface area contributed by atoms with E-state index in [1.165, 1.54) is 0 Å². The SMILES string of the molecule is CC(C)(C)OC(=O)N1CCC(S(=O)(=O)N2CCC(C3CCOCC3)CC2)CC1. The van der Waals surface area contributed by atoms with Crippen LogP contribution in [0.4, 0.5) is 4.79 Å². The molecule has 0 radical (unpaired) electrons. The van der Waals surface area contributed by atoms with Crippen LogP contribution in [0.25, 0.3) is 0 Å². The van der Waals surface area contributed by atoms with Gasteiger partial charge in [-0.25, -0.2) is 17.5 Å². The van der Waals surface area contributed by atoms with Crippen LogP contribution in [-0.4, -0.2) is 74.0 Å². The molecule has 0 aromatic carbocycles. The minimum absolute atomic E-state index is 0.347. The van der Waals surface area contributed by atoms with E-state index in [0.717, 1.165) is 38.9 Å². The van der Waals surface area contributed by atoms with Crippen molar-refractivity contribution in [3.8, 4) is 0 Å². The van der Waals surface area contributed by atoms with Crippen LogP contribution in [0.2, 0.25) is 0 Å². The number of ether oxygens (including phenoxy) is 2. The lowest BCUT2D eigenvalue weighted by Crippen LogP contribution is -2.49. The Bertz CT molecular complexity index is 623. The van der Waals surface area contributed by atoms with Gasteiger partial charge in [-0.1, -0.05) is 0 Å². The molecule has 0 saturated carbocycles. The van der Waals surface area contributed by atoms with Crippen molar-refractivity contribution in [2.75, 3.05) is 39.4 Å². The first-order valence-corrected chi connectivity index (χ1v) is 12.2. The predicted octanol–water partition coefficient (Wildman–Crippen LogP) is 2.85. The number of likely N-dealkylation sites (tertiary alicyclic amines) is 1. The summed E-state index contributed by atoms with van der Waals surface area (Å²) in [6.07, 6.45) is 4.77. The van der Waals surface area contributed by atoms with Gasteiger partial charge in [-0.2, -0.15) is 0 Å². The summed E-state index contributed by atoms with van der Waals surface area (Å²) in [4.78, 5) is 13.8. The van der Waals surface area contributed by atoms with Gasteiger partial charge in [-0.3, -0.25) is 0 Å². The molecule has 3 heterocycles. The van der Waals surface area contributed by atoms with Crippen LogP contribution >= 0.6 is 0 Å². The highest BCUT2D eigenvalue weighted by Gasteiger charge is 2.39. The first kappa shape index (κ1) is 21.8. The number of carbonyl (C=O) groups is 1. The summed E-state index contributed by atoms with van der Waals surface area (Å²) in [6.45, 7) is 9.37. The molecule has 3 aliphatic rings. The Balaban J connectivity index is 1.48. The Hall–Kier alpha value is -0.860. The summed E-state index contributed by atoms with van der Waals surface area (Å²) in [5, 5.41) is -0.384. The minimum Gasteiger partial charge on any atom is -0.444 e. The smallest absolute Gasteiger partial charge is 0.410 e. The third-order valence-corrected chi connectivity index (χ3v) is 8.70. The summed E-state index contributed by atoms with van der Waals surface area (Å²) in [5.41, 5.74) is -0.533. The normalized spacial score (nSPS) is 25.0. The zero-order chi connectivity index (χ0) is 20.4. The lowest BCUT2D eigenvalue weighted by Gasteiger charge is -2.39. The zero-order valence-electron chi connectivity index (χ0n) is 17.6. The van der Waals surface area contributed by atoms with E-state index in [4.69, 9.17) is 9.47 Å². The fraction of sp³-hybridized carbons (Fsp3) is 0.950. The van der Waals surface area contributed by atoms with Crippen LogP contribution in [0, 0.1) is 11.8 Å². The van der Waals surface area contributed by atoms with Gasteiger partial charge in [-0.15, -0.1) is 0 Å². The number of rotatable bonds is 3. The molecule has 0 aromatic rings. The molecule has 0 atom stereocenters. The summed E-state index contributed by atoms with van der Waals surface area (Å²) < 4.78 is 38.8. The van der Waals surface area contributed by atoms with Gasteiger partial charge in [0.1, 0.15) is 5.60 Å². The number of carbonyl (C=O) groups excluding carboxylic acids is 1. The van der Waals surface area contributed by atoms with E-state index in [1.807, 2.05) is 20.8 Å². The van der Waals surface area contributed by atoms with Gasteiger partial charge in [0.05, 0.1) is 5.25 Å². The summed E-state index contributed by atoms with van der Waals surface area (Å²) >= 11 is 0. The Kier molecular flexibility index (Phi) is 6.92. The van der Waals surface area contributed by atoms with Crippen LogP contribution in [0.15, 0.2) is 0 Å². The quantitative estimate of drug-likeness (QED) is 0.707. The van der Waals surface area contributed by atoms with Crippen molar-refractivity contribution in [2.24, 2.45) is 11.8 Å². The highest BCUT2D eigenvalue weighted by molar-refractivity contribution is 7.89. The first-order valence-electron chi connectivity index (χ1n) is 10.7. The summed E-state index contributed by atoms with van der Waals surface area (Å²) in [7, 11) is -3.29. The van der Waals surface area contributed by atoms with Crippen molar-refractivity contribution >= 4 is 16.1 Å². The van der Waals surface area contributed by atoms with E-state index in [0.29, 0.717) is 50.9 Å². The van der Waals surface area contributed by atoms with E-state index in [2.05, 4.69) is 0 Å². The van der Waals surface area contributed by atoms with E-state index >= 15 is 0 Å². The molecule has 0 spiro atoms. The van der Waals surface area contributed by atoms with Crippen LogP contribution < -0.4 is 0 Å². The van der Waals surface area contributed by atoms with E-state index < -0.39 is 15.6 Å². The monoisotopic (exact) mass is 416 g/mol. The van der Waals surface area contributed by atoms with Gasteiger partial charge in [0.2, 0.25) is 10.0 Å². The molecule has 0 N–H and O–H groups in total. The predicted molar refractivity (Wildman–Crippen MR) is 108 cm³/mol. The first-order chi connectivity index (χ1) is 13.2. The highest BCUT2D eigenvalue weighted by atomic mass is 32.2. The van der Waals surface area contributed by atoms with E-state index in [9.17, 15) is 13.2 Å². The molecule has 28 heavy (non-hydrogen) atoms. The molecule has 1 amide bonds. The van der Waals surface area contributed by atoms with Gasteiger partial charge < -0.3 is 14.4 Å². The van der Waals surface area contributed by atoms with Gasteiger partial charge in [-0.05, 0) is 71.1 Å². The van der Waals surface area contributed by atoms with Crippen LogP contribution in [0.3, 0.4) is 0 Å². The summed E-state index contributed by atoms with van der Waals surface area (Å²) in [5.74, 6) is 1.32. The largest absolute Gasteiger partial charge is 0.444 e. The molecule has 0 bridgehead atoms. The molecule has 3 aliphatic heterocycles. The van der Waals surface area contributed by atoms with Gasteiger partial charge >= 0.3 is 6.09 Å². The highest BCUT2D eigenvalue weighted by Crippen LogP contribution is 2.34. The number of hydrogen-bond acceptors (Lipinski definition) is 5. The Morgan fingerprint density at radius 1 is 0.893 bits per heavy atom. The number of amides is 1. The maximum atomic E-state index is 13.1. The molecule has 3 fully saturated rings. The van der Waals surface area contributed by atoms with Crippen molar-refractivity contribution in [3.63, 3.8) is 0 Å². The van der Waals surface area contributed by atoms with Crippen LogP contribution in [0.1, 0.15) is 59.3 Å². The Morgan fingerprint density at radius 3 is 1.96 bits per heavy atom. The van der Waals surface area contributed by atoms with Crippen molar-refractivity contribution < 1.29 is 22.7 Å². The second kappa shape index (κ2) is 8.88. The topological polar surface area (TPSA) is 76.2 Å². The third kappa shape index (κ3) is 5.39. The molecule has 0 unspecified atom stereocenters. The second-order valence-corrected chi connectivity index (χ2v) is 11.6. The van der Waals surface area contributed by atoms with Gasteiger partial charge in [0.15, 0.2) is 0 Å². The van der Waals surface area contributed by atoms with Crippen LogP contribution in [0.5, 0.6) is 0 Å².